The zero-order chi connectivity index (χ0) is 14.2. The Morgan fingerprint density at radius 3 is 2.35 bits per heavy atom. The number of hydrogen-bond donors (Lipinski definition) is 0. The van der Waals surface area contributed by atoms with Crippen LogP contribution in [0.5, 0.6) is 0 Å². The average molecular weight is 270 g/mol. The van der Waals surface area contributed by atoms with E-state index in [1.807, 2.05) is 0 Å². The van der Waals surface area contributed by atoms with Crippen LogP contribution in [-0.4, -0.2) is 11.7 Å². The predicted molar refractivity (Wildman–Crippen MR) is 84.5 cm³/mol. The van der Waals surface area contributed by atoms with E-state index in [0.717, 1.165) is 5.92 Å². The maximum atomic E-state index is 6.04. The van der Waals surface area contributed by atoms with Gasteiger partial charge >= 0.3 is 0 Å². The lowest BCUT2D eigenvalue weighted by Crippen LogP contribution is -2.30. The van der Waals surface area contributed by atoms with Gasteiger partial charge in [0, 0.05) is 0 Å². The van der Waals surface area contributed by atoms with Crippen LogP contribution < -0.4 is 0 Å². The fourth-order valence-corrected chi connectivity index (χ4v) is 3.57. The maximum Gasteiger partial charge on any atom is 0.106 e. The SMILES string of the molecule is CC(C)(C)C1CCC2(CC1)OC2C=Cc1ccccc1. The molecule has 1 spiro atoms. The van der Waals surface area contributed by atoms with E-state index < -0.39 is 0 Å². The summed E-state index contributed by atoms with van der Waals surface area (Å²) in [6, 6.07) is 10.5. The third kappa shape index (κ3) is 2.83. The van der Waals surface area contributed by atoms with Gasteiger partial charge < -0.3 is 4.74 Å². The summed E-state index contributed by atoms with van der Waals surface area (Å²) in [6.45, 7) is 7.11. The van der Waals surface area contributed by atoms with Crippen molar-refractivity contribution in [3.63, 3.8) is 0 Å². The van der Waals surface area contributed by atoms with Crippen LogP contribution in [0.3, 0.4) is 0 Å². The van der Waals surface area contributed by atoms with E-state index in [9.17, 15) is 0 Å². The first kappa shape index (κ1) is 13.9. The first-order valence-corrected chi connectivity index (χ1v) is 7.91. The Kier molecular flexibility index (Phi) is 3.50. The molecule has 2 fully saturated rings. The van der Waals surface area contributed by atoms with Crippen molar-refractivity contribution in [3.8, 4) is 0 Å². The third-order valence-corrected chi connectivity index (χ3v) is 5.14. The molecule has 1 aliphatic heterocycles. The van der Waals surface area contributed by atoms with E-state index in [1.165, 1.54) is 31.2 Å². The van der Waals surface area contributed by atoms with Crippen LogP contribution in [0.15, 0.2) is 36.4 Å². The van der Waals surface area contributed by atoms with E-state index in [4.69, 9.17) is 4.74 Å². The minimum atomic E-state index is 0.188. The van der Waals surface area contributed by atoms with Crippen molar-refractivity contribution < 1.29 is 4.74 Å². The zero-order valence-electron chi connectivity index (χ0n) is 12.9. The molecule has 0 radical (unpaired) electrons. The topological polar surface area (TPSA) is 12.5 Å². The van der Waals surface area contributed by atoms with Crippen molar-refractivity contribution >= 4 is 6.08 Å². The molecule has 108 valence electrons. The van der Waals surface area contributed by atoms with Gasteiger partial charge in [-0.1, -0.05) is 63.3 Å². The van der Waals surface area contributed by atoms with E-state index in [-0.39, 0.29) is 5.60 Å². The van der Waals surface area contributed by atoms with E-state index in [0.29, 0.717) is 11.5 Å². The zero-order valence-corrected chi connectivity index (χ0v) is 12.9. The second-order valence-electron chi connectivity index (χ2n) is 7.51. The Morgan fingerprint density at radius 2 is 1.75 bits per heavy atom. The molecule has 1 saturated carbocycles. The highest BCUT2D eigenvalue weighted by Crippen LogP contribution is 2.53. The van der Waals surface area contributed by atoms with Crippen molar-refractivity contribution in [2.75, 3.05) is 0 Å². The standard InChI is InChI=1S/C19H26O/c1-18(2,3)16-11-13-19(14-12-16)17(20-19)10-9-15-7-5-4-6-8-15/h4-10,16-17H,11-14H2,1-3H3. The normalized spacial score (nSPS) is 33.8. The van der Waals surface area contributed by atoms with Crippen molar-refractivity contribution in [1.82, 2.24) is 0 Å². The van der Waals surface area contributed by atoms with Gasteiger partial charge in [0.1, 0.15) is 6.10 Å². The van der Waals surface area contributed by atoms with Gasteiger partial charge in [-0.05, 0) is 42.6 Å². The summed E-state index contributed by atoms with van der Waals surface area (Å²) in [5.74, 6) is 0.857. The summed E-state index contributed by atoms with van der Waals surface area (Å²) in [5, 5.41) is 0. The lowest BCUT2D eigenvalue weighted by atomic mass is 9.69. The summed E-state index contributed by atoms with van der Waals surface area (Å²) in [6.07, 6.45) is 9.92. The van der Waals surface area contributed by atoms with Crippen molar-refractivity contribution in [3.05, 3.63) is 42.0 Å². The van der Waals surface area contributed by atoms with Crippen molar-refractivity contribution in [2.45, 2.75) is 58.2 Å². The van der Waals surface area contributed by atoms with Crippen LogP contribution in [0.1, 0.15) is 52.0 Å². The van der Waals surface area contributed by atoms with E-state index in [1.54, 1.807) is 0 Å². The highest BCUT2D eigenvalue weighted by molar-refractivity contribution is 5.50. The van der Waals surface area contributed by atoms with Crippen LogP contribution >= 0.6 is 0 Å². The number of ether oxygens (including phenoxy) is 1. The van der Waals surface area contributed by atoms with Crippen LogP contribution in [0.4, 0.5) is 0 Å². The Hall–Kier alpha value is -1.08. The molecule has 1 heterocycles. The molecule has 3 rings (SSSR count). The van der Waals surface area contributed by atoms with Gasteiger partial charge in [-0.3, -0.25) is 0 Å². The molecule has 1 nitrogen and oxygen atoms in total. The van der Waals surface area contributed by atoms with Gasteiger partial charge in [0.2, 0.25) is 0 Å². The van der Waals surface area contributed by atoms with Crippen LogP contribution in [0.25, 0.3) is 6.08 Å². The van der Waals surface area contributed by atoms with Gasteiger partial charge in [0.15, 0.2) is 0 Å². The molecule has 1 atom stereocenters. The molecular weight excluding hydrogens is 244 g/mol. The van der Waals surface area contributed by atoms with Crippen molar-refractivity contribution in [1.29, 1.82) is 0 Å². The molecule has 0 amide bonds. The number of benzene rings is 1. The summed E-state index contributed by atoms with van der Waals surface area (Å²) in [7, 11) is 0. The Labute approximate surface area is 123 Å². The lowest BCUT2D eigenvalue weighted by molar-refractivity contribution is 0.125. The molecule has 1 aliphatic carbocycles. The summed E-state index contributed by atoms with van der Waals surface area (Å²) in [5.41, 5.74) is 1.90. The average Bonchev–Trinajstić information content (AvgIpc) is 3.09. The number of epoxide rings is 1. The fourth-order valence-electron chi connectivity index (χ4n) is 3.57. The molecule has 0 N–H and O–H groups in total. The summed E-state index contributed by atoms with van der Waals surface area (Å²) in [4.78, 5) is 0. The minimum absolute atomic E-state index is 0.188. The van der Waals surface area contributed by atoms with E-state index >= 15 is 0 Å². The van der Waals surface area contributed by atoms with Gasteiger partial charge in [-0.25, -0.2) is 0 Å². The Morgan fingerprint density at radius 1 is 1.10 bits per heavy atom. The smallest absolute Gasteiger partial charge is 0.106 e. The fraction of sp³-hybridized carbons (Fsp3) is 0.579. The quantitative estimate of drug-likeness (QED) is 0.683. The Balaban J connectivity index is 1.56. The number of rotatable bonds is 2. The molecule has 1 heteroatoms. The molecule has 1 saturated heterocycles. The first-order valence-electron chi connectivity index (χ1n) is 7.91. The largest absolute Gasteiger partial charge is 0.362 e. The van der Waals surface area contributed by atoms with E-state index in [2.05, 4.69) is 63.3 Å². The molecule has 2 aliphatic rings. The summed E-state index contributed by atoms with van der Waals surface area (Å²) < 4.78 is 6.04. The van der Waals surface area contributed by atoms with Crippen LogP contribution in [0.2, 0.25) is 0 Å². The maximum absolute atomic E-state index is 6.04. The molecule has 1 aromatic rings. The molecular formula is C19H26O. The van der Waals surface area contributed by atoms with Gasteiger partial charge in [-0.15, -0.1) is 0 Å². The van der Waals surface area contributed by atoms with Gasteiger partial charge in [-0.2, -0.15) is 0 Å². The minimum Gasteiger partial charge on any atom is -0.362 e. The first-order chi connectivity index (χ1) is 9.50. The molecule has 0 bridgehead atoms. The van der Waals surface area contributed by atoms with Crippen LogP contribution in [0, 0.1) is 11.3 Å². The highest BCUT2D eigenvalue weighted by Gasteiger charge is 2.56. The predicted octanol–water partition coefficient (Wildman–Crippen LogP) is 5.07. The van der Waals surface area contributed by atoms with Crippen molar-refractivity contribution in [2.24, 2.45) is 11.3 Å². The third-order valence-electron chi connectivity index (χ3n) is 5.14. The number of hydrogen-bond acceptors (Lipinski definition) is 1. The highest BCUT2D eigenvalue weighted by atomic mass is 16.6. The second kappa shape index (κ2) is 5.04. The van der Waals surface area contributed by atoms with Gasteiger partial charge in [0.25, 0.3) is 0 Å². The molecule has 1 aromatic carbocycles. The second-order valence-corrected chi connectivity index (χ2v) is 7.51. The Bertz CT molecular complexity index is 472. The lowest BCUT2D eigenvalue weighted by Gasteiger charge is -2.36. The molecule has 1 unspecified atom stereocenters. The molecule has 20 heavy (non-hydrogen) atoms. The van der Waals surface area contributed by atoms with Gasteiger partial charge in [0.05, 0.1) is 5.60 Å². The summed E-state index contributed by atoms with van der Waals surface area (Å²) >= 11 is 0. The van der Waals surface area contributed by atoms with Crippen LogP contribution in [-0.2, 0) is 4.74 Å². The monoisotopic (exact) mass is 270 g/mol. The molecule has 0 aromatic heterocycles.